The van der Waals surface area contributed by atoms with Crippen LogP contribution in [0.4, 0.5) is 5.00 Å². The Bertz CT molecular complexity index is 1590. The van der Waals surface area contributed by atoms with Gasteiger partial charge in [0, 0.05) is 4.88 Å². The zero-order chi connectivity index (χ0) is 26.6. The summed E-state index contributed by atoms with van der Waals surface area (Å²) in [4.78, 5) is 43.0. The molecule has 1 N–H and O–H groups in total. The molecule has 1 aromatic carbocycles. The van der Waals surface area contributed by atoms with Gasteiger partial charge in [-0.05, 0) is 50.3 Å². The summed E-state index contributed by atoms with van der Waals surface area (Å²) in [6.45, 7) is 2.03. The number of hydrogen-bond donors (Lipinski definition) is 1. The molecule has 0 unspecified atom stereocenters. The third kappa shape index (κ3) is 6.18. The molecule has 0 aliphatic heterocycles. The van der Waals surface area contributed by atoms with Crippen molar-refractivity contribution in [2.24, 2.45) is 4.99 Å². The van der Waals surface area contributed by atoms with E-state index >= 15 is 0 Å². The van der Waals surface area contributed by atoms with E-state index in [0.29, 0.717) is 12.0 Å². The van der Waals surface area contributed by atoms with Gasteiger partial charge in [0.15, 0.2) is 14.6 Å². The maximum Gasteiger partial charge on any atom is 0.341 e. The summed E-state index contributed by atoms with van der Waals surface area (Å²) in [5.41, 5.74) is 1.93. The van der Waals surface area contributed by atoms with Crippen molar-refractivity contribution in [3.8, 4) is 12.3 Å². The van der Waals surface area contributed by atoms with Crippen molar-refractivity contribution in [2.45, 2.75) is 39.2 Å². The van der Waals surface area contributed by atoms with Crippen molar-refractivity contribution in [3.05, 3.63) is 45.1 Å². The number of ether oxygens (including phenoxy) is 1. The van der Waals surface area contributed by atoms with E-state index < -0.39 is 39.1 Å². The molecule has 0 radical (unpaired) electrons. The molecule has 1 aliphatic carbocycles. The third-order valence-corrected chi connectivity index (χ3v) is 9.31. The zero-order valence-corrected chi connectivity index (χ0v) is 22.6. The van der Waals surface area contributed by atoms with Gasteiger partial charge in [0.05, 0.1) is 28.9 Å². The Labute approximate surface area is 222 Å². The Morgan fingerprint density at radius 1 is 1.16 bits per heavy atom. The van der Waals surface area contributed by atoms with Gasteiger partial charge in [0.25, 0.3) is 5.91 Å². The summed E-state index contributed by atoms with van der Waals surface area (Å²) in [6.07, 6.45) is 8.83. The van der Waals surface area contributed by atoms with Crippen molar-refractivity contribution in [3.63, 3.8) is 0 Å². The van der Waals surface area contributed by atoms with E-state index in [-0.39, 0.29) is 23.0 Å². The van der Waals surface area contributed by atoms with E-state index in [1.165, 1.54) is 22.7 Å². The number of amides is 2. The van der Waals surface area contributed by atoms with E-state index in [1.54, 1.807) is 11.5 Å². The van der Waals surface area contributed by atoms with Crippen LogP contribution in [0.15, 0.2) is 29.3 Å². The van der Waals surface area contributed by atoms with Crippen LogP contribution in [0.1, 0.15) is 40.6 Å². The van der Waals surface area contributed by atoms with Crippen molar-refractivity contribution >= 4 is 65.5 Å². The van der Waals surface area contributed by atoms with Crippen molar-refractivity contribution in [1.82, 2.24) is 4.57 Å². The fourth-order valence-electron chi connectivity index (χ4n) is 4.16. The summed E-state index contributed by atoms with van der Waals surface area (Å²) >= 11 is 2.48. The first-order valence-corrected chi connectivity index (χ1v) is 15.1. The fourth-order valence-corrected chi connectivity index (χ4v) is 7.52. The number of thiazole rings is 1. The minimum atomic E-state index is -4.13. The number of benzene rings is 1. The topological polar surface area (TPSA) is 124 Å². The second kappa shape index (κ2) is 11.4. The number of terminal acetylenes is 1. The summed E-state index contributed by atoms with van der Waals surface area (Å²) in [7, 11) is -4.13. The Kier molecular flexibility index (Phi) is 8.26. The van der Waals surface area contributed by atoms with Gasteiger partial charge in [0.2, 0.25) is 5.91 Å². The maximum absolute atomic E-state index is 12.7. The lowest BCUT2D eigenvalue weighted by atomic mass is 9.95. The average Bonchev–Trinajstić information content (AvgIpc) is 3.36. The molecule has 2 heterocycles. The molecule has 4 rings (SSSR count). The lowest BCUT2D eigenvalue weighted by Gasteiger charge is -2.12. The van der Waals surface area contributed by atoms with Gasteiger partial charge in [-0.25, -0.2) is 13.2 Å². The third-order valence-electron chi connectivity index (χ3n) is 5.66. The largest absolute Gasteiger partial charge is 0.462 e. The normalized spacial score (nSPS) is 13.7. The zero-order valence-electron chi connectivity index (χ0n) is 20.1. The lowest BCUT2D eigenvalue weighted by Crippen LogP contribution is -2.28. The van der Waals surface area contributed by atoms with Crippen LogP contribution in [0.25, 0.3) is 10.2 Å². The number of nitrogens with zero attached hydrogens (tertiary/aromatic N) is 2. The van der Waals surface area contributed by atoms with Gasteiger partial charge >= 0.3 is 5.97 Å². The van der Waals surface area contributed by atoms with Gasteiger partial charge in [-0.15, -0.1) is 17.8 Å². The summed E-state index contributed by atoms with van der Waals surface area (Å²) < 4.78 is 33.0. The molecule has 194 valence electrons. The molecule has 0 fully saturated rings. The first kappa shape index (κ1) is 26.8. The Hall–Kier alpha value is -3.27. The van der Waals surface area contributed by atoms with Crippen LogP contribution < -0.4 is 10.1 Å². The van der Waals surface area contributed by atoms with Crippen LogP contribution in [-0.2, 0) is 43.5 Å². The number of fused-ring (bicyclic) bond motifs is 2. The molecule has 3 aromatic rings. The highest BCUT2D eigenvalue weighted by Gasteiger charge is 2.28. The van der Waals surface area contributed by atoms with Crippen LogP contribution in [0.3, 0.4) is 0 Å². The van der Waals surface area contributed by atoms with Crippen molar-refractivity contribution < 1.29 is 27.5 Å². The monoisotopic (exact) mass is 559 g/mol. The number of nitrogens with one attached hydrogen (secondary N) is 1. The van der Waals surface area contributed by atoms with Crippen molar-refractivity contribution in [1.29, 1.82) is 0 Å². The second-order valence-electron chi connectivity index (χ2n) is 8.36. The number of carbonyl (C=O) groups is 3. The maximum atomic E-state index is 12.7. The Morgan fingerprint density at radius 3 is 2.68 bits per heavy atom. The Morgan fingerprint density at radius 2 is 1.92 bits per heavy atom. The van der Waals surface area contributed by atoms with Gasteiger partial charge in [0.1, 0.15) is 16.5 Å². The first-order chi connectivity index (χ1) is 17.7. The number of esters is 1. The summed E-state index contributed by atoms with van der Waals surface area (Å²) in [5.74, 6) is -1.62. The SMILES string of the molecule is C#CCn1c(=NC(=O)CS(=O)(=O)CC(=O)Nc2sc3c(c2C(=O)OCC)CCCC3)sc2ccccc21. The molecule has 0 spiro atoms. The van der Waals surface area contributed by atoms with E-state index in [9.17, 15) is 22.8 Å². The highest BCUT2D eigenvalue weighted by atomic mass is 32.2. The smallest absolute Gasteiger partial charge is 0.341 e. The molecule has 1 aliphatic rings. The number of hydrogen-bond acceptors (Lipinski definition) is 8. The van der Waals surface area contributed by atoms with E-state index in [1.807, 2.05) is 24.3 Å². The van der Waals surface area contributed by atoms with E-state index in [4.69, 9.17) is 11.2 Å². The molecule has 12 heteroatoms. The number of carbonyl (C=O) groups excluding carboxylic acids is 3. The minimum absolute atomic E-state index is 0.166. The number of rotatable bonds is 8. The minimum Gasteiger partial charge on any atom is -0.462 e. The van der Waals surface area contributed by atoms with Crippen LogP contribution in [-0.4, -0.2) is 48.9 Å². The molecule has 2 aromatic heterocycles. The lowest BCUT2D eigenvalue weighted by molar-refractivity contribution is -0.115. The average molecular weight is 560 g/mol. The molecular weight excluding hydrogens is 534 g/mol. The van der Waals surface area contributed by atoms with Gasteiger partial charge in [-0.2, -0.15) is 4.99 Å². The predicted octanol–water partition coefficient (Wildman–Crippen LogP) is 2.93. The highest BCUT2D eigenvalue weighted by Crippen LogP contribution is 2.38. The molecule has 9 nitrogen and oxygen atoms in total. The number of thiophene rings is 1. The number of aryl methyl sites for hydroxylation is 1. The van der Waals surface area contributed by atoms with E-state index in [0.717, 1.165) is 39.9 Å². The number of para-hydroxylation sites is 1. The second-order valence-corrected chi connectivity index (χ2v) is 12.5. The number of anilines is 1. The molecular formula is C25H25N3O6S3. The van der Waals surface area contributed by atoms with Crippen molar-refractivity contribution in [2.75, 3.05) is 23.4 Å². The van der Waals surface area contributed by atoms with Crippen LogP contribution in [0.5, 0.6) is 0 Å². The van der Waals surface area contributed by atoms with Gasteiger partial charge in [-0.1, -0.05) is 29.4 Å². The number of sulfone groups is 1. The standard InChI is InChI=1S/C25H25N3O6S3/c1-3-13-28-17-10-6-8-12-19(17)36-25(28)27-21(30)15-37(32,33)14-20(29)26-23-22(24(31)34-4-2)16-9-5-7-11-18(16)35-23/h1,6,8,10,12H,4-5,7,9,11,13-15H2,2H3,(H,26,29). The van der Waals surface area contributed by atoms with E-state index in [2.05, 4.69) is 16.2 Å². The van der Waals surface area contributed by atoms with Gasteiger partial charge < -0.3 is 14.6 Å². The molecule has 0 atom stereocenters. The predicted molar refractivity (Wildman–Crippen MR) is 143 cm³/mol. The molecule has 2 amide bonds. The summed E-state index contributed by atoms with van der Waals surface area (Å²) in [6, 6.07) is 7.35. The fraction of sp³-hybridized carbons (Fsp3) is 0.360. The molecule has 0 saturated carbocycles. The Balaban J connectivity index is 1.50. The first-order valence-electron chi connectivity index (χ1n) is 11.6. The quantitative estimate of drug-likeness (QED) is 0.334. The molecule has 0 bridgehead atoms. The molecule has 0 saturated heterocycles. The van der Waals surface area contributed by atoms with Crippen LogP contribution in [0.2, 0.25) is 0 Å². The molecule has 37 heavy (non-hydrogen) atoms. The highest BCUT2D eigenvalue weighted by molar-refractivity contribution is 7.92. The van der Waals surface area contributed by atoms with Crippen LogP contribution >= 0.6 is 22.7 Å². The van der Waals surface area contributed by atoms with Gasteiger partial charge in [-0.3, -0.25) is 9.59 Å². The number of aromatic nitrogens is 1. The summed E-state index contributed by atoms with van der Waals surface area (Å²) in [5, 5.41) is 2.84. The van der Waals surface area contributed by atoms with Crippen LogP contribution in [0, 0.1) is 12.3 Å².